The fourth-order valence-corrected chi connectivity index (χ4v) is 1.61. The van der Waals surface area contributed by atoms with E-state index in [0.717, 1.165) is 31.9 Å². The fraction of sp³-hybridized carbons (Fsp3) is 0.400. The molecule has 0 aliphatic carbocycles. The Kier molecular flexibility index (Phi) is 5.69. The molecule has 5 nitrogen and oxygen atoms in total. The molecule has 6 N–H and O–H groups in total. The molecule has 1 aromatic rings. The molecule has 0 unspecified atom stereocenters. The van der Waals surface area contributed by atoms with Gasteiger partial charge in [0.15, 0.2) is 0 Å². The largest absolute Gasteiger partial charge is 0.508 e. The number of phenols is 1. The van der Waals surface area contributed by atoms with Crippen molar-refractivity contribution in [2.24, 2.45) is 0 Å². The predicted octanol–water partition coefficient (Wildman–Crippen LogP) is -0.848. The lowest BCUT2D eigenvalue weighted by molar-refractivity contribution is 0.475. The van der Waals surface area contributed by atoms with Crippen molar-refractivity contribution in [3.05, 3.63) is 24.3 Å². The molecule has 15 heavy (non-hydrogen) atoms. The normalized spacial score (nSPS) is 15.1. The molecule has 0 spiro atoms. The van der Waals surface area contributed by atoms with Gasteiger partial charge in [0, 0.05) is 37.9 Å². The van der Waals surface area contributed by atoms with Gasteiger partial charge in [-0.3, -0.25) is 0 Å². The van der Waals surface area contributed by atoms with E-state index < -0.39 is 0 Å². The number of nitrogens with zero attached hydrogens (tertiary/aromatic N) is 1. The summed E-state index contributed by atoms with van der Waals surface area (Å²) in [6.07, 6.45) is 0. The van der Waals surface area contributed by atoms with Gasteiger partial charge in [0.1, 0.15) is 5.75 Å². The fourth-order valence-electron chi connectivity index (χ4n) is 1.61. The lowest BCUT2D eigenvalue weighted by Crippen LogP contribution is -2.43. The summed E-state index contributed by atoms with van der Waals surface area (Å²) in [6, 6.07) is 7.43. The molecular formula is C10H18N2O3. The maximum absolute atomic E-state index is 9.30. The topological polar surface area (TPSA) is 98.5 Å². The molecule has 1 aromatic carbocycles. The van der Waals surface area contributed by atoms with Crippen LogP contribution in [0.2, 0.25) is 0 Å². The quantitative estimate of drug-likeness (QED) is 0.637. The molecule has 1 fully saturated rings. The average molecular weight is 214 g/mol. The van der Waals surface area contributed by atoms with E-state index in [2.05, 4.69) is 10.2 Å². The molecule has 86 valence electrons. The minimum Gasteiger partial charge on any atom is -0.508 e. The van der Waals surface area contributed by atoms with Crippen LogP contribution < -0.4 is 10.2 Å². The first-order chi connectivity index (χ1) is 6.36. The van der Waals surface area contributed by atoms with Crippen LogP contribution in [0.3, 0.4) is 0 Å². The number of hydrogen-bond donors (Lipinski definition) is 2. The zero-order valence-electron chi connectivity index (χ0n) is 8.53. The Labute approximate surface area is 89.0 Å². The number of benzene rings is 1. The molecule has 5 heteroatoms. The van der Waals surface area contributed by atoms with Crippen LogP contribution in [0.4, 0.5) is 5.69 Å². The maximum atomic E-state index is 9.30. The van der Waals surface area contributed by atoms with Gasteiger partial charge in [0.2, 0.25) is 0 Å². The van der Waals surface area contributed by atoms with E-state index in [1.165, 1.54) is 0 Å². The van der Waals surface area contributed by atoms with Crippen molar-refractivity contribution in [2.75, 3.05) is 31.1 Å². The van der Waals surface area contributed by atoms with Crippen LogP contribution >= 0.6 is 0 Å². The van der Waals surface area contributed by atoms with Crippen molar-refractivity contribution in [3.8, 4) is 5.75 Å². The SMILES string of the molecule is O.O.Oc1cccc(N2CCNCC2)c1. The van der Waals surface area contributed by atoms with Gasteiger partial charge >= 0.3 is 0 Å². The zero-order valence-corrected chi connectivity index (χ0v) is 8.53. The molecule has 1 heterocycles. The van der Waals surface area contributed by atoms with Gasteiger partial charge in [-0.1, -0.05) is 6.07 Å². The number of rotatable bonds is 1. The predicted molar refractivity (Wildman–Crippen MR) is 60.4 cm³/mol. The van der Waals surface area contributed by atoms with E-state index in [-0.39, 0.29) is 11.0 Å². The van der Waals surface area contributed by atoms with Crippen LogP contribution in [0.15, 0.2) is 24.3 Å². The molecule has 0 aromatic heterocycles. The van der Waals surface area contributed by atoms with Gasteiger partial charge in [0.25, 0.3) is 0 Å². The van der Waals surface area contributed by atoms with Gasteiger partial charge < -0.3 is 26.3 Å². The highest BCUT2D eigenvalue weighted by Gasteiger charge is 2.09. The summed E-state index contributed by atoms with van der Waals surface area (Å²) < 4.78 is 0. The molecule has 0 amide bonds. The second-order valence-electron chi connectivity index (χ2n) is 3.26. The summed E-state index contributed by atoms with van der Waals surface area (Å²) in [6.45, 7) is 4.08. The Balaban J connectivity index is 0.000000980. The Morgan fingerprint density at radius 3 is 2.40 bits per heavy atom. The number of aromatic hydroxyl groups is 1. The number of piperazine rings is 1. The number of hydrogen-bond acceptors (Lipinski definition) is 3. The van der Waals surface area contributed by atoms with Gasteiger partial charge in [-0.05, 0) is 12.1 Å². The first-order valence-corrected chi connectivity index (χ1v) is 4.61. The molecule has 2 rings (SSSR count). The Hall–Kier alpha value is -1.30. The van der Waals surface area contributed by atoms with Gasteiger partial charge in [-0.2, -0.15) is 0 Å². The molecule has 1 saturated heterocycles. The van der Waals surface area contributed by atoms with E-state index in [4.69, 9.17) is 0 Å². The van der Waals surface area contributed by atoms with Crippen LogP contribution in [0.5, 0.6) is 5.75 Å². The number of anilines is 1. The first kappa shape index (κ1) is 13.7. The van der Waals surface area contributed by atoms with E-state index in [0.29, 0.717) is 5.75 Å². The highest BCUT2D eigenvalue weighted by molar-refractivity contribution is 5.50. The second-order valence-corrected chi connectivity index (χ2v) is 3.26. The standard InChI is InChI=1S/C10H14N2O.2H2O/c13-10-3-1-2-9(8-10)12-6-4-11-5-7-12;;/h1-3,8,11,13H,4-7H2;2*1H2. The molecule has 1 aliphatic rings. The zero-order chi connectivity index (χ0) is 9.10. The van der Waals surface area contributed by atoms with E-state index >= 15 is 0 Å². The smallest absolute Gasteiger partial charge is 0.117 e. The van der Waals surface area contributed by atoms with Crippen molar-refractivity contribution in [2.45, 2.75) is 0 Å². The van der Waals surface area contributed by atoms with Crippen LogP contribution in [0, 0.1) is 0 Å². The van der Waals surface area contributed by atoms with Crippen molar-refractivity contribution in [1.29, 1.82) is 0 Å². The van der Waals surface area contributed by atoms with E-state index in [9.17, 15) is 5.11 Å². The third kappa shape index (κ3) is 3.39. The number of phenolic OH excluding ortho intramolecular Hbond substituents is 1. The minimum atomic E-state index is 0. The summed E-state index contributed by atoms with van der Waals surface area (Å²) >= 11 is 0. The van der Waals surface area contributed by atoms with Gasteiger partial charge in [0.05, 0.1) is 0 Å². The monoisotopic (exact) mass is 214 g/mol. The summed E-state index contributed by atoms with van der Waals surface area (Å²) in [5, 5.41) is 12.6. The molecular weight excluding hydrogens is 196 g/mol. The maximum Gasteiger partial charge on any atom is 0.117 e. The lowest BCUT2D eigenvalue weighted by Gasteiger charge is -2.29. The summed E-state index contributed by atoms with van der Waals surface area (Å²) in [5.41, 5.74) is 1.11. The summed E-state index contributed by atoms with van der Waals surface area (Å²) in [7, 11) is 0. The van der Waals surface area contributed by atoms with Crippen molar-refractivity contribution in [1.82, 2.24) is 5.32 Å². The third-order valence-electron chi connectivity index (χ3n) is 2.31. The van der Waals surface area contributed by atoms with E-state index in [1.807, 2.05) is 18.2 Å². The van der Waals surface area contributed by atoms with Crippen LogP contribution in [0.1, 0.15) is 0 Å². The minimum absolute atomic E-state index is 0. The highest BCUT2D eigenvalue weighted by Crippen LogP contribution is 2.19. The van der Waals surface area contributed by atoms with Crippen LogP contribution in [0.25, 0.3) is 0 Å². The number of nitrogens with one attached hydrogen (secondary N) is 1. The van der Waals surface area contributed by atoms with Crippen LogP contribution in [-0.2, 0) is 0 Å². The van der Waals surface area contributed by atoms with E-state index in [1.54, 1.807) is 6.07 Å². The second kappa shape index (κ2) is 6.23. The molecule has 0 radical (unpaired) electrons. The average Bonchev–Trinajstić information content (AvgIpc) is 2.19. The molecule has 0 saturated carbocycles. The Bertz CT molecular complexity index is 288. The molecule has 0 bridgehead atoms. The Morgan fingerprint density at radius 1 is 1.13 bits per heavy atom. The molecule has 0 atom stereocenters. The highest BCUT2D eigenvalue weighted by atomic mass is 16.3. The van der Waals surface area contributed by atoms with Gasteiger partial charge in [-0.15, -0.1) is 0 Å². The van der Waals surface area contributed by atoms with Crippen molar-refractivity contribution in [3.63, 3.8) is 0 Å². The first-order valence-electron chi connectivity index (χ1n) is 4.61. The van der Waals surface area contributed by atoms with Crippen molar-refractivity contribution < 1.29 is 16.1 Å². The van der Waals surface area contributed by atoms with Crippen molar-refractivity contribution >= 4 is 5.69 Å². The molecule has 1 aliphatic heterocycles. The summed E-state index contributed by atoms with van der Waals surface area (Å²) in [5.74, 6) is 0.344. The van der Waals surface area contributed by atoms with Crippen LogP contribution in [-0.4, -0.2) is 42.2 Å². The summed E-state index contributed by atoms with van der Waals surface area (Å²) in [4.78, 5) is 2.27. The van der Waals surface area contributed by atoms with Gasteiger partial charge in [-0.25, -0.2) is 0 Å². The Morgan fingerprint density at radius 2 is 1.80 bits per heavy atom. The lowest BCUT2D eigenvalue weighted by atomic mass is 10.2. The third-order valence-corrected chi connectivity index (χ3v) is 2.31.